The maximum atomic E-state index is 12.6. The number of likely N-dealkylation sites (tertiary alicyclic amines) is 1. The zero-order valence-corrected chi connectivity index (χ0v) is 17.6. The van der Waals surface area contributed by atoms with Gasteiger partial charge in [-0.05, 0) is 56.4 Å². The Kier molecular flexibility index (Phi) is 6.45. The number of Topliss-reactive ketones (excluding diaryl/α,β-unsaturated/α-hetero) is 1. The number of H-pyrrole nitrogens is 1. The minimum atomic E-state index is -0.00505. The van der Waals surface area contributed by atoms with Crippen LogP contribution in [0.4, 0.5) is 0 Å². The zero-order chi connectivity index (χ0) is 20.9. The fourth-order valence-electron chi connectivity index (χ4n) is 3.88. The van der Waals surface area contributed by atoms with Crippen LogP contribution in [-0.4, -0.2) is 51.5 Å². The van der Waals surface area contributed by atoms with Gasteiger partial charge in [0.25, 0.3) is 0 Å². The van der Waals surface area contributed by atoms with Crippen LogP contribution in [0.3, 0.4) is 0 Å². The molecule has 7 heteroatoms. The van der Waals surface area contributed by atoms with E-state index in [0.29, 0.717) is 37.1 Å². The molecule has 0 spiro atoms. The molecule has 1 N–H and O–H groups in total. The summed E-state index contributed by atoms with van der Waals surface area (Å²) < 4.78 is 5.54. The van der Waals surface area contributed by atoms with Crippen molar-refractivity contribution in [3.63, 3.8) is 0 Å². The topological polar surface area (TPSA) is 88.2 Å². The molecule has 1 aliphatic carbocycles. The molecule has 30 heavy (non-hydrogen) atoms. The van der Waals surface area contributed by atoms with E-state index in [2.05, 4.69) is 22.1 Å². The molecule has 1 aliphatic heterocycles. The molecule has 2 fully saturated rings. The highest BCUT2D eigenvalue weighted by molar-refractivity contribution is 5.98. The molecule has 1 saturated heterocycles. The highest BCUT2D eigenvalue weighted by atomic mass is 16.5. The number of piperidine rings is 1. The largest absolute Gasteiger partial charge is 0.494 e. The summed E-state index contributed by atoms with van der Waals surface area (Å²) in [5, 5.41) is 7.44. The summed E-state index contributed by atoms with van der Waals surface area (Å²) in [5.41, 5.74) is 0.627. The average Bonchev–Trinajstić information content (AvgIpc) is 3.52. The molecule has 2 aliphatic rings. The van der Waals surface area contributed by atoms with Gasteiger partial charge in [0, 0.05) is 43.3 Å². The molecular weight excluding hydrogens is 380 g/mol. The van der Waals surface area contributed by atoms with E-state index in [1.165, 1.54) is 12.8 Å². The van der Waals surface area contributed by atoms with Crippen LogP contribution in [0, 0.1) is 0 Å². The van der Waals surface area contributed by atoms with E-state index in [-0.39, 0.29) is 24.5 Å². The number of rotatable bonds is 9. The molecule has 1 saturated carbocycles. The van der Waals surface area contributed by atoms with E-state index in [1.54, 1.807) is 12.1 Å². The van der Waals surface area contributed by atoms with Crippen LogP contribution < -0.4 is 4.74 Å². The van der Waals surface area contributed by atoms with Gasteiger partial charge in [0.15, 0.2) is 11.6 Å². The third-order valence-corrected chi connectivity index (χ3v) is 5.91. The van der Waals surface area contributed by atoms with Gasteiger partial charge in [0.2, 0.25) is 5.91 Å². The van der Waals surface area contributed by atoms with Gasteiger partial charge in [-0.3, -0.25) is 14.7 Å². The smallest absolute Gasteiger partial charge is 0.223 e. The van der Waals surface area contributed by atoms with E-state index in [9.17, 15) is 9.59 Å². The Bertz CT molecular complexity index is 865. The Morgan fingerprint density at radius 1 is 1.07 bits per heavy atom. The lowest BCUT2D eigenvalue weighted by molar-refractivity contribution is -0.132. The second-order valence-electron chi connectivity index (χ2n) is 8.30. The SMILES string of the molecule is CCCOc1ccc(C(=O)CCC(=O)N2CCC(c3nc(C4CC4)n[nH]3)CC2)cc1. The number of aromatic nitrogens is 3. The lowest BCUT2D eigenvalue weighted by Crippen LogP contribution is -2.38. The summed E-state index contributed by atoms with van der Waals surface area (Å²) in [7, 11) is 0. The number of benzene rings is 1. The Balaban J connectivity index is 1.21. The monoisotopic (exact) mass is 410 g/mol. The Morgan fingerprint density at radius 2 is 1.80 bits per heavy atom. The van der Waals surface area contributed by atoms with Crippen LogP contribution >= 0.6 is 0 Å². The van der Waals surface area contributed by atoms with Crippen molar-refractivity contribution in [1.82, 2.24) is 20.1 Å². The molecule has 0 unspecified atom stereocenters. The van der Waals surface area contributed by atoms with E-state index in [1.807, 2.05) is 17.0 Å². The van der Waals surface area contributed by atoms with E-state index >= 15 is 0 Å². The van der Waals surface area contributed by atoms with Crippen molar-refractivity contribution >= 4 is 11.7 Å². The maximum absolute atomic E-state index is 12.6. The van der Waals surface area contributed by atoms with Gasteiger partial charge in [-0.15, -0.1) is 0 Å². The van der Waals surface area contributed by atoms with E-state index in [0.717, 1.165) is 36.7 Å². The summed E-state index contributed by atoms with van der Waals surface area (Å²) in [6.45, 7) is 4.13. The zero-order valence-electron chi connectivity index (χ0n) is 17.6. The first-order chi connectivity index (χ1) is 14.6. The summed E-state index contributed by atoms with van der Waals surface area (Å²) in [6.07, 6.45) is 5.60. The lowest BCUT2D eigenvalue weighted by Gasteiger charge is -2.31. The van der Waals surface area contributed by atoms with Crippen LogP contribution in [0.25, 0.3) is 0 Å². The van der Waals surface area contributed by atoms with Crippen LogP contribution in [0.5, 0.6) is 5.75 Å². The quantitative estimate of drug-likeness (QED) is 0.635. The van der Waals surface area contributed by atoms with Crippen molar-refractivity contribution in [2.45, 2.75) is 63.7 Å². The molecular formula is C23H30N4O3. The third kappa shape index (κ3) is 5.07. The standard InChI is InChI=1S/C23H30N4O3/c1-2-15-30-19-7-5-16(6-8-19)20(28)9-10-21(29)27-13-11-18(12-14-27)23-24-22(25-26-23)17-3-4-17/h5-8,17-18H,2-4,9-15H2,1H3,(H,24,25,26). The van der Waals surface area contributed by atoms with Gasteiger partial charge in [-0.2, -0.15) is 5.10 Å². The number of amides is 1. The second kappa shape index (κ2) is 9.41. The first-order valence-electron chi connectivity index (χ1n) is 11.1. The van der Waals surface area contributed by atoms with Crippen LogP contribution in [0.15, 0.2) is 24.3 Å². The minimum absolute atomic E-state index is 0.00505. The van der Waals surface area contributed by atoms with Crippen molar-refractivity contribution in [3.8, 4) is 5.75 Å². The van der Waals surface area contributed by atoms with Crippen molar-refractivity contribution in [1.29, 1.82) is 0 Å². The van der Waals surface area contributed by atoms with Gasteiger partial charge >= 0.3 is 0 Å². The number of carbonyl (C=O) groups is 2. The summed E-state index contributed by atoms with van der Waals surface area (Å²) in [4.78, 5) is 31.5. The van der Waals surface area contributed by atoms with Crippen molar-refractivity contribution in [3.05, 3.63) is 41.5 Å². The predicted molar refractivity (Wildman–Crippen MR) is 113 cm³/mol. The highest BCUT2D eigenvalue weighted by Crippen LogP contribution is 2.38. The Morgan fingerprint density at radius 3 is 2.47 bits per heavy atom. The van der Waals surface area contributed by atoms with E-state index < -0.39 is 0 Å². The maximum Gasteiger partial charge on any atom is 0.223 e. The first kappa shape index (κ1) is 20.6. The number of carbonyl (C=O) groups excluding carboxylic acids is 2. The molecule has 160 valence electrons. The van der Waals surface area contributed by atoms with E-state index in [4.69, 9.17) is 4.74 Å². The molecule has 0 atom stereocenters. The highest BCUT2D eigenvalue weighted by Gasteiger charge is 2.30. The van der Waals surface area contributed by atoms with Gasteiger partial charge < -0.3 is 9.64 Å². The van der Waals surface area contributed by atoms with Crippen molar-refractivity contribution < 1.29 is 14.3 Å². The first-order valence-corrected chi connectivity index (χ1v) is 11.1. The van der Waals surface area contributed by atoms with Crippen molar-refractivity contribution in [2.75, 3.05) is 19.7 Å². The van der Waals surface area contributed by atoms with Gasteiger partial charge in [0.1, 0.15) is 11.6 Å². The predicted octanol–water partition coefficient (Wildman–Crippen LogP) is 3.84. The Hall–Kier alpha value is -2.70. The molecule has 1 amide bonds. The molecule has 1 aromatic carbocycles. The summed E-state index contributed by atoms with van der Waals surface area (Å²) in [5.74, 6) is 3.62. The van der Waals surface area contributed by atoms with Crippen LogP contribution in [-0.2, 0) is 4.79 Å². The third-order valence-electron chi connectivity index (χ3n) is 5.91. The minimum Gasteiger partial charge on any atom is -0.494 e. The second-order valence-corrected chi connectivity index (χ2v) is 8.30. The molecule has 0 bridgehead atoms. The van der Waals surface area contributed by atoms with Crippen LogP contribution in [0.2, 0.25) is 0 Å². The van der Waals surface area contributed by atoms with Crippen molar-refractivity contribution in [2.24, 2.45) is 0 Å². The van der Waals surface area contributed by atoms with Crippen LogP contribution in [0.1, 0.15) is 85.7 Å². The Labute approximate surface area is 177 Å². The number of nitrogens with one attached hydrogen (secondary N) is 1. The fourth-order valence-corrected chi connectivity index (χ4v) is 3.88. The number of ether oxygens (including phenoxy) is 1. The number of ketones is 1. The lowest BCUT2D eigenvalue weighted by atomic mass is 9.95. The average molecular weight is 411 g/mol. The summed E-state index contributed by atoms with van der Waals surface area (Å²) >= 11 is 0. The van der Waals surface area contributed by atoms with Gasteiger partial charge in [0.05, 0.1) is 6.61 Å². The molecule has 2 heterocycles. The molecule has 2 aromatic rings. The fraction of sp³-hybridized carbons (Fsp3) is 0.565. The molecule has 7 nitrogen and oxygen atoms in total. The summed E-state index contributed by atoms with van der Waals surface area (Å²) in [6, 6.07) is 7.18. The molecule has 0 radical (unpaired) electrons. The van der Waals surface area contributed by atoms with Gasteiger partial charge in [-0.25, -0.2) is 4.98 Å². The number of aromatic amines is 1. The molecule has 1 aromatic heterocycles. The molecule has 4 rings (SSSR count). The number of hydrogen-bond donors (Lipinski definition) is 1. The number of hydrogen-bond acceptors (Lipinski definition) is 5. The van der Waals surface area contributed by atoms with Gasteiger partial charge in [-0.1, -0.05) is 6.92 Å². The number of nitrogens with zero attached hydrogens (tertiary/aromatic N) is 3. The normalized spacial score (nSPS) is 17.2.